The van der Waals surface area contributed by atoms with Crippen molar-refractivity contribution in [2.24, 2.45) is 0 Å². The molecule has 0 amide bonds. The molecule has 0 aliphatic carbocycles. The van der Waals surface area contributed by atoms with E-state index in [2.05, 4.69) is 22.3 Å². The summed E-state index contributed by atoms with van der Waals surface area (Å²) in [7, 11) is 0. The van der Waals surface area contributed by atoms with Crippen LogP contribution in [0.1, 0.15) is 31.4 Å². The van der Waals surface area contributed by atoms with Gasteiger partial charge in [0.05, 0.1) is 6.20 Å². The molecule has 1 aromatic heterocycles. The highest BCUT2D eigenvalue weighted by Crippen LogP contribution is 2.09. The first kappa shape index (κ1) is 9.29. The molecule has 3 nitrogen and oxygen atoms in total. The first-order valence-electron chi connectivity index (χ1n) is 5.08. The number of hydrogen-bond acceptors (Lipinski definition) is 3. The molecule has 1 atom stereocenters. The number of nitrogens with one attached hydrogen (secondary N) is 1. The molecule has 1 fully saturated rings. The maximum absolute atomic E-state index is 4.88. The van der Waals surface area contributed by atoms with Crippen molar-refractivity contribution in [2.75, 3.05) is 6.54 Å². The van der Waals surface area contributed by atoms with Gasteiger partial charge in [0.15, 0.2) is 0 Å². The van der Waals surface area contributed by atoms with Crippen LogP contribution in [-0.4, -0.2) is 17.7 Å². The average Bonchev–Trinajstić information content (AvgIpc) is 2.72. The summed E-state index contributed by atoms with van der Waals surface area (Å²) in [5.41, 5.74) is 0. The van der Waals surface area contributed by atoms with Gasteiger partial charge in [-0.2, -0.15) is 0 Å². The van der Waals surface area contributed by atoms with E-state index in [1.54, 1.807) is 12.3 Å². The Morgan fingerprint density at radius 1 is 1.57 bits per heavy atom. The fourth-order valence-corrected chi connectivity index (χ4v) is 1.64. The number of rotatable bonds is 1. The van der Waals surface area contributed by atoms with E-state index in [9.17, 15) is 0 Å². The third-order valence-electron chi connectivity index (χ3n) is 2.41. The van der Waals surface area contributed by atoms with Gasteiger partial charge >= 0.3 is 0 Å². The molecule has 74 valence electrons. The molecule has 1 N–H and O–H groups in total. The van der Waals surface area contributed by atoms with E-state index in [4.69, 9.17) is 4.52 Å². The number of hydrogen-bond donors (Lipinski definition) is 1. The van der Waals surface area contributed by atoms with Gasteiger partial charge in [-0.15, -0.1) is 0 Å². The van der Waals surface area contributed by atoms with E-state index < -0.39 is 0 Å². The van der Waals surface area contributed by atoms with Crippen LogP contribution in [0.3, 0.4) is 0 Å². The van der Waals surface area contributed by atoms with Gasteiger partial charge in [0.25, 0.3) is 0 Å². The predicted octanol–water partition coefficient (Wildman–Crippen LogP) is 1.56. The molecule has 1 aliphatic heterocycles. The summed E-state index contributed by atoms with van der Waals surface area (Å²) in [4.78, 5) is 0. The Morgan fingerprint density at radius 3 is 3.29 bits per heavy atom. The van der Waals surface area contributed by atoms with E-state index >= 15 is 0 Å². The van der Waals surface area contributed by atoms with Gasteiger partial charge in [-0.1, -0.05) is 17.5 Å². The summed E-state index contributed by atoms with van der Waals surface area (Å²) in [6.45, 7) is 1.13. The zero-order chi connectivity index (χ0) is 9.64. The Labute approximate surface area is 83.9 Å². The molecule has 14 heavy (non-hydrogen) atoms. The van der Waals surface area contributed by atoms with Crippen molar-refractivity contribution in [2.45, 2.75) is 31.7 Å². The summed E-state index contributed by atoms with van der Waals surface area (Å²) in [5.74, 6) is 6.72. The van der Waals surface area contributed by atoms with Crippen molar-refractivity contribution in [1.82, 2.24) is 10.5 Å². The lowest BCUT2D eigenvalue weighted by atomic mass is 10.0. The minimum absolute atomic E-state index is 0.569. The van der Waals surface area contributed by atoms with Gasteiger partial charge in [-0.05, 0) is 25.3 Å². The number of nitrogens with zero attached hydrogens (tertiary/aromatic N) is 1. The van der Waals surface area contributed by atoms with Crippen molar-refractivity contribution >= 4 is 0 Å². The van der Waals surface area contributed by atoms with Crippen LogP contribution in [-0.2, 0) is 0 Å². The molecule has 2 rings (SSSR count). The highest BCUT2D eigenvalue weighted by atomic mass is 16.5. The number of piperidine rings is 1. The quantitative estimate of drug-likeness (QED) is 0.683. The Hall–Kier alpha value is -1.27. The normalized spacial score (nSPS) is 21.3. The van der Waals surface area contributed by atoms with Crippen LogP contribution >= 0.6 is 0 Å². The summed E-state index contributed by atoms with van der Waals surface area (Å²) >= 11 is 0. The van der Waals surface area contributed by atoms with Gasteiger partial charge in [-0.3, -0.25) is 0 Å². The smallest absolute Gasteiger partial charge is 0.209 e. The van der Waals surface area contributed by atoms with Crippen LogP contribution in [0.25, 0.3) is 0 Å². The Balaban J connectivity index is 1.80. The molecule has 1 saturated heterocycles. The molecule has 0 aromatic carbocycles. The van der Waals surface area contributed by atoms with Crippen molar-refractivity contribution < 1.29 is 4.52 Å². The molecule has 1 aromatic rings. The third kappa shape index (κ3) is 2.61. The number of aromatic nitrogens is 1. The largest absolute Gasteiger partial charge is 0.348 e. The molecule has 0 saturated carbocycles. The van der Waals surface area contributed by atoms with Crippen molar-refractivity contribution in [1.29, 1.82) is 0 Å². The molecular weight excluding hydrogens is 176 g/mol. The van der Waals surface area contributed by atoms with E-state index in [1.165, 1.54) is 19.3 Å². The first-order chi connectivity index (χ1) is 6.95. The third-order valence-corrected chi connectivity index (χ3v) is 2.41. The lowest BCUT2D eigenvalue weighted by molar-refractivity contribution is 0.405. The van der Waals surface area contributed by atoms with Crippen LogP contribution < -0.4 is 5.32 Å². The van der Waals surface area contributed by atoms with Crippen LogP contribution in [0.15, 0.2) is 16.8 Å². The lowest BCUT2D eigenvalue weighted by Gasteiger charge is -2.20. The van der Waals surface area contributed by atoms with E-state index in [0.717, 1.165) is 13.0 Å². The lowest BCUT2D eigenvalue weighted by Crippen LogP contribution is -2.33. The SMILES string of the molecule is C(#Cc1ccno1)CC1CCCCN1. The van der Waals surface area contributed by atoms with Crippen molar-refractivity contribution in [3.8, 4) is 11.8 Å². The van der Waals surface area contributed by atoms with Crippen molar-refractivity contribution in [3.05, 3.63) is 18.0 Å². The molecule has 0 radical (unpaired) electrons. The molecular formula is C11H14N2O. The van der Waals surface area contributed by atoms with Gasteiger partial charge in [0, 0.05) is 18.5 Å². The molecule has 1 unspecified atom stereocenters. The standard InChI is InChI=1S/C11H14N2O/c1-2-8-12-10(4-1)5-3-6-11-7-9-13-14-11/h7,9-10,12H,1-2,4-5,8H2. The summed E-state index contributed by atoms with van der Waals surface area (Å²) in [6, 6.07) is 2.35. The van der Waals surface area contributed by atoms with Crippen LogP contribution in [0, 0.1) is 11.8 Å². The monoisotopic (exact) mass is 190 g/mol. The zero-order valence-corrected chi connectivity index (χ0v) is 8.12. The van der Waals surface area contributed by atoms with Crippen LogP contribution in [0.5, 0.6) is 0 Å². The molecule has 0 spiro atoms. The maximum atomic E-state index is 4.88. The van der Waals surface area contributed by atoms with Crippen molar-refractivity contribution in [3.63, 3.8) is 0 Å². The first-order valence-corrected chi connectivity index (χ1v) is 5.08. The Morgan fingerprint density at radius 2 is 2.57 bits per heavy atom. The highest BCUT2D eigenvalue weighted by Gasteiger charge is 2.10. The van der Waals surface area contributed by atoms with Crippen LogP contribution in [0.4, 0.5) is 0 Å². The zero-order valence-electron chi connectivity index (χ0n) is 8.12. The Bertz CT molecular complexity index is 315. The second-order valence-corrected chi connectivity index (χ2v) is 3.53. The topological polar surface area (TPSA) is 38.1 Å². The summed E-state index contributed by atoms with van der Waals surface area (Å²) < 4.78 is 4.88. The van der Waals surface area contributed by atoms with Gasteiger partial charge in [-0.25, -0.2) is 0 Å². The minimum Gasteiger partial charge on any atom is -0.348 e. The average molecular weight is 190 g/mol. The molecule has 1 aliphatic rings. The van der Waals surface area contributed by atoms with Gasteiger partial charge in [0.2, 0.25) is 5.76 Å². The summed E-state index contributed by atoms with van der Waals surface area (Å²) in [5, 5.41) is 7.04. The fraction of sp³-hybridized carbons (Fsp3) is 0.545. The molecule has 3 heteroatoms. The predicted molar refractivity (Wildman–Crippen MR) is 53.6 cm³/mol. The minimum atomic E-state index is 0.569. The maximum Gasteiger partial charge on any atom is 0.209 e. The van der Waals surface area contributed by atoms with E-state index in [0.29, 0.717) is 11.8 Å². The Kier molecular flexibility index (Phi) is 3.20. The van der Waals surface area contributed by atoms with E-state index in [-0.39, 0.29) is 0 Å². The molecule has 2 heterocycles. The van der Waals surface area contributed by atoms with Gasteiger partial charge in [0.1, 0.15) is 0 Å². The second kappa shape index (κ2) is 4.83. The second-order valence-electron chi connectivity index (χ2n) is 3.53. The summed E-state index contributed by atoms with van der Waals surface area (Å²) in [6.07, 6.45) is 6.38. The van der Waals surface area contributed by atoms with E-state index in [1.807, 2.05) is 0 Å². The van der Waals surface area contributed by atoms with Crippen LogP contribution in [0.2, 0.25) is 0 Å². The fourth-order valence-electron chi connectivity index (χ4n) is 1.64. The highest BCUT2D eigenvalue weighted by molar-refractivity contribution is 5.23. The van der Waals surface area contributed by atoms with Gasteiger partial charge < -0.3 is 9.84 Å². The molecule has 0 bridgehead atoms.